The van der Waals surface area contributed by atoms with Crippen molar-refractivity contribution < 1.29 is 23.1 Å². The van der Waals surface area contributed by atoms with Crippen LogP contribution >= 0.6 is 0 Å². The van der Waals surface area contributed by atoms with Gasteiger partial charge < -0.3 is 15.7 Å². The predicted octanol–water partition coefficient (Wildman–Crippen LogP) is 0.639. The maximum Gasteiger partial charge on any atom is 0.419 e. The van der Waals surface area contributed by atoms with Gasteiger partial charge in [0, 0.05) is 19.0 Å². The number of hydrogen-bond acceptors (Lipinski definition) is 3. The lowest BCUT2D eigenvalue weighted by molar-refractivity contribution is -0.253. The molecule has 1 saturated carbocycles. The summed E-state index contributed by atoms with van der Waals surface area (Å²) < 4.78 is 37.9. The number of nitrogens with two attached hydrogens (primary N) is 1. The van der Waals surface area contributed by atoms with Gasteiger partial charge in [-0.05, 0) is 12.8 Å². The summed E-state index contributed by atoms with van der Waals surface area (Å²) in [4.78, 5) is 13.1. The van der Waals surface area contributed by atoms with Crippen molar-refractivity contribution in [1.82, 2.24) is 4.90 Å². The monoisotopic (exact) mass is 266 g/mol. The molecule has 1 saturated heterocycles. The van der Waals surface area contributed by atoms with Gasteiger partial charge in [0.1, 0.15) is 0 Å². The van der Waals surface area contributed by atoms with Gasteiger partial charge in [-0.3, -0.25) is 4.79 Å². The Morgan fingerprint density at radius 2 is 2.06 bits per heavy atom. The molecular weight excluding hydrogens is 249 g/mol. The zero-order valence-electron chi connectivity index (χ0n) is 9.91. The van der Waals surface area contributed by atoms with Gasteiger partial charge in [-0.25, -0.2) is 0 Å². The van der Waals surface area contributed by atoms with E-state index in [1.165, 1.54) is 0 Å². The molecule has 104 valence electrons. The van der Waals surface area contributed by atoms with Crippen LogP contribution in [0, 0.1) is 5.92 Å². The molecule has 18 heavy (non-hydrogen) atoms. The molecule has 0 aromatic rings. The van der Waals surface area contributed by atoms with Crippen LogP contribution in [0.1, 0.15) is 25.7 Å². The third-order valence-electron chi connectivity index (χ3n) is 3.97. The molecule has 2 aliphatic rings. The number of alkyl halides is 3. The Morgan fingerprint density at radius 3 is 2.50 bits per heavy atom. The van der Waals surface area contributed by atoms with Gasteiger partial charge >= 0.3 is 6.18 Å². The molecule has 3 atom stereocenters. The molecule has 0 radical (unpaired) electrons. The van der Waals surface area contributed by atoms with Crippen LogP contribution in [-0.2, 0) is 4.79 Å². The Balaban J connectivity index is 2.03. The lowest BCUT2D eigenvalue weighted by Crippen LogP contribution is -2.49. The standard InChI is InChI=1S/C11H17F3N2O2/c12-11(13,14)10(18)4-5-16(6-10)9(17)7-2-1-3-8(7)15/h7-8,18H,1-6,15H2. The van der Waals surface area contributed by atoms with Crippen molar-refractivity contribution >= 4 is 5.91 Å². The number of hydrogen-bond donors (Lipinski definition) is 2. The molecule has 2 rings (SSSR count). The van der Waals surface area contributed by atoms with Crippen molar-refractivity contribution in [2.45, 2.75) is 43.5 Å². The summed E-state index contributed by atoms with van der Waals surface area (Å²) in [5.41, 5.74) is 3.01. The Kier molecular flexibility index (Phi) is 3.31. The Hall–Kier alpha value is -0.820. The van der Waals surface area contributed by atoms with E-state index >= 15 is 0 Å². The van der Waals surface area contributed by atoms with Gasteiger partial charge in [0.25, 0.3) is 0 Å². The van der Waals surface area contributed by atoms with Crippen LogP contribution in [0.15, 0.2) is 0 Å². The molecule has 1 amide bonds. The number of rotatable bonds is 1. The maximum atomic E-state index is 12.6. The summed E-state index contributed by atoms with van der Waals surface area (Å²) in [5.74, 6) is -0.735. The van der Waals surface area contributed by atoms with Crippen LogP contribution in [0.2, 0.25) is 0 Å². The van der Waals surface area contributed by atoms with Crippen LogP contribution in [-0.4, -0.2) is 46.8 Å². The van der Waals surface area contributed by atoms with E-state index in [4.69, 9.17) is 5.73 Å². The number of carbonyl (C=O) groups excluding carboxylic acids is 1. The van der Waals surface area contributed by atoms with Crippen molar-refractivity contribution in [3.63, 3.8) is 0 Å². The highest BCUT2D eigenvalue weighted by Gasteiger charge is 2.58. The topological polar surface area (TPSA) is 66.6 Å². The Labute approximate surface area is 103 Å². The van der Waals surface area contributed by atoms with Gasteiger partial charge in [-0.1, -0.05) is 6.42 Å². The first-order chi connectivity index (χ1) is 8.24. The van der Waals surface area contributed by atoms with Crippen LogP contribution < -0.4 is 5.73 Å². The van der Waals surface area contributed by atoms with Gasteiger partial charge in [0.05, 0.1) is 12.5 Å². The van der Waals surface area contributed by atoms with E-state index in [1.807, 2.05) is 0 Å². The molecule has 1 aliphatic heterocycles. The Morgan fingerprint density at radius 1 is 1.39 bits per heavy atom. The molecule has 0 spiro atoms. The van der Waals surface area contributed by atoms with Crippen LogP contribution in [0.25, 0.3) is 0 Å². The van der Waals surface area contributed by atoms with Gasteiger partial charge in [-0.2, -0.15) is 13.2 Å². The van der Waals surface area contributed by atoms with Gasteiger partial charge in [0.15, 0.2) is 5.60 Å². The van der Waals surface area contributed by atoms with Crippen molar-refractivity contribution in [1.29, 1.82) is 0 Å². The second-order valence-corrected chi connectivity index (χ2v) is 5.24. The van der Waals surface area contributed by atoms with E-state index in [2.05, 4.69) is 0 Å². The number of carbonyl (C=O) groups is 1. The zero-order valence-corrected chi connectivity index (χ0v) is 9.91. The van der Waals surface area contributed by atoms with E-state index in [1.54, 1.807) is 0 Å². The first kappa shape index (κ1) is 13.6. The van der Waals surface area contributed by atoms with Crippen LogP contribution in [0.3, 0.4) is 0 Å². The van der Waals surface area contributed by atoms with Crippen molar-refractivity contribution in [3.8, 4) is 0 Å². The Bertz CT molecular complexity index is 348. The first-order valence-corrected chi connectivity index (χ1v) is 6.08. The van der Waals surface area contributed by atoms with Crippen molar-refractivity contribution in [2.24, 2.45) is 11.7 Å². The molecule has 0 aromatic heterocycles. The van der Waals surface area contributed by atoms with Gasteiger partial charge in [0.2, 0.25) is 5.91 Å². The van der Waals surface area contributed by atoms with Crippen LogP contribution in [0.5, 0.6) is 0 Å². The molecule has 2 fully saturated rings. The number of amides is 1. The van der Waals surface area contributed by atoms with E-state index in [-0.39, 0.29) is 24.4 Å². The number of halogens is 3. The average Bonchev–Trinajstić information content (AvgIpc) is 2.83. The largest absolute Gasteiger partial charge is 0.419 e. The molecule has 3 N–H and O–H groups in total. The molecule has 3 unspecified atom stereocenters. The third-order valence-corrected chi connectivity index (χ3v) is 3.97. The van der Waals surface area contributed by atoms with Crippen molar-refractivity contribution in [3.05, 3.63) is 0 Å². The minimum Gasteiger partial charge on any atom is -0.379 e. The second kappa shape index (κ2) is 4.38. The zero-order chi connectivity index (χ0) is 13.6. The van der Waals surface area contributed by atoms with Crippen molar-refractivity contribution in [2.75, 3.05) is 13.1 Å². The molecule has 0 bridgehead atoms. The summed E-state index contributed by atoms with van der Waals surface area (Å²) in [6.07, 6.45) is -2.96. The number of β-amino-alcohol motifs (C(OH)–C–C–N with tert-alkyl or cyclic N) is 1. The summed E-state index contributed by atoms with van der Waals surface area (Å²) in [6.45, 7) is -0.726. The quantitative estimate of drug-likeness (QED) is 0.732. The average molecular weight is 266 g/mol. The number of likely N-dealkylation sites (tertiary alicyclic amines) is 1. The lowest BCUT2D eigenvalue weighted by Gasteiger charge is -2.27. The highest BCUT2D eigenvalue weighted by molar-refractivity contribution is 5.80. The molecule has 1 heterocycles. The maximum absolute atomic E-state index is 12.6. The second-order valence-electron chi connectivity index (χ2n) is 5.24. The smallest absolute Gasteiger partial charge is 0.379 e. The summed E-state index contributed by atoms with van der Waals surface area (Å²) in [5, 5.41) is 9.51. The summed E-state index contributed by atoms with van der Waals surface area (Å²) >= 11 is 0. The highest BCUT2D eigenvalue weighted by atomic mass is 19.4. The third kappa shape index (κ3) is 2.21. The highest BCUT2D eigenvalue weighted by Crippen LogP contribution is 2.38. The summed E-state index contributed by atoms with van der Waals surface area (Å²) in [6, 6.07) is -0.267. The fourth-order valence-electron chi connectivity index (χ4n) is 2.74. The van der Waals surface area contributed by atoms with E-state index in [9.17, 15) is 23.1 Å². The van der Waals surface area contributed by atoms with Crippen LogP contribution in [0.4, 0.5) is 13.2 Å². The lowest BCUT2D eigenvalue weighted by atomic mass is 10.0. The normalized spacial score (nSPS) is 37.3. The fourth-order valence-corrected chi connectivity index (χ4v) is 2.74. The molecule has 4 nitrogen and oxygen atoms in total. The van der Waals surface area contributed by atoms with Gasteiger partial charge in [-0.15, -0.1) is 0 Å². The minimum atomic E-state index is -4.69. The fraction of sp³-hybridized carbons (Fsp3) is 0.909. The molecule has 7 heteroatoms. The number of aliphatic hydroxyl groups is 1. The summed E-state index contributed by atoms with van der Waals surface area (Å²) in [7, 11) is 0. The van der Waals surface area contributed by atoms with E-state index < -0.39 is 24.7 Å². The first-order valence-electron chi connectivity index (χ1n) is 6.08. The van der Waals surface area contributed by atoms with E-state index in [0.717, 1.165) is 17.7 Å². The molecular formula is C11H17F3N2O2. The molecule has 1 aliphatic carbocycles. The van der Waals surface area contributed by atoms with E-state index in [0.29, 0.717) is 6.42 Å². The number of nitrogens with zero attached hydrogens (tertiary/aromatic N) is 1. The molecule has 0 aromatic carbocycles. The predicted molar refractivity (Wildman–Crippen MR) is 57.5 cm³/mol. The SMILES string of the molecule is NC1CCCC1C(=O)N1CCC(O)(C(F)(F)F)C1. The minimum absolute atomic E-state index is 0.0575.